The first kappa shape index (κ1) is 21.1. The average Bonchev–Trinajstić information content (AvgIpc) is 2.78. The molecule has 1 aliphatic heterocycles. The summed E-state index contributed by atoms with van der Waals surface area (Å²) in [7, 11) is 1.86. The number of hydrogen-bond donors (Lipinski definition) is 0. The standard InChI is InChI=1S/C24H32N4O/c1-3-4-14-26(2)24(29)22-12-13-23(25-20-22)28-18-16-27(17-19-28)15-8-11-21-9-6-5-7-10-21/h5-13,20H,3-4,14-19H2,1-2H3/b11-8+. The van der Waals surface area contributed by atoms with Gasteiger partial charge in [-0.3, -0.25) is 9.69 Å². The van der Waals surface area contributed by atoms with Gasteiger partial charge in [0, 0.05) is 52.5 Å². The van der Waals surface area contributed by atoms with Crippen LogP contribution in [0.3, 0.4) is 0 Å². The van der Waals surface area contributed by atoms with Crippen molar-refractivity contribution in [1.29, 1.82) is 0 Å². The van der Waals surface area contributed by atoms with E-state index in [1.165, 1.54) is 5.56 Å². The van der Waals surface area contributed by atoms with Gasteiger partial charge in [-0.25, -0.2) is 4.98 Å². The Morgan fingerprint density at radius 1 is 1.10 bits per heavy atom. The van der Waals surface area contributed by atoms with Crippen LogP contribution in [0, 0.1) is 0 Å². The first-order valence-corrected chi connectivity index (χ1v) is 10.6. The molecule has 1 amide bonds. The lowest BCUT2D eigenvalue weighted by molar-refractivity contribution is 0.0793. The van der Waals surface area contributed by atoms with Gasteiger partial charge in [0.1, 0.15) is 5.82 Å². The van der Waals surface area contributed by atoms with Gasteiger partial charge in [0.15, 0.2) is 0 Å². The number of benzene rings is 1. The van der Waals surface area contributed by atoms with Crippen molar-refractivity contribution in [3.8, 4) is 0 Å². The topological polar surface area (TPSA) is 39.7 Å². The Labute approximate surface area is 174 Å². The van der Waals surface area contributed by atoms with Gasteiger partial charge in [0.05, 0.1) is 5.56 Å². The molecule has 2 heterocycles. The van der Waals surface area contributed by atoms with Crippen LogP contribution in [0.1, 0.15) is 35.7 Å². The van der Waals surface area contributed by atoms with Crippen LogP contribution in [0.4, 0.5) is 5.82 Å². The third-order valence-electron chi connectivity index (χ3n) is 5.36. The van der Waals surface area contributed by atoms with Gasteiger partial charge in [0.2, 0.25) is 0 Å². The maximum atomic E-state index is 12.4. The van der Waals surface area contributed by atoms with E-state index in [-0.39, 0.29) is 5.91 Å². The monoisotopic (exact) mass is 392 g/mol. The fraction of sp³-hybridized carbons (Fsp3) is 0.417. The van der Waals surface area contributed by atoms with E-state index in [0.717, 1.165) is 57.9 Å². The first-order chi connectivity index (χ1) is 14.2. The number of hydrogen-bond acceptors (Lipinski definition) is 4. The fourth-order valence-corrected chi connectivity index (χ4v) is 3.48. The van der Waals surface area contributed by atoms with Crippen LogP contribution in [0.15, 0.2) is 54.7 Å². The van der Waals surface area contributed by atoms with Crippen LogP contribution < -0.4 is 4.90 Å². The van der Waals surface area contributed by atoms with Gasteiger partial charge in [-0.05, 0) is 24.1 Å². The number of pyridine rings is 1. The third kappa shape index (κ3) is 6.16. The van der Waals surface area contributed by atoms with Crippen LogP contribution in [0.5, 0.6) is 0 Å². The van der Waals surface area contributed by atoms with Crippen molar-refractivity contribution in [2.45, 2.75) is 19.8 Å². The summed E-state index contributed by atoms with van der Waals surface area (Å²) in [5.41, 5.74) is 1.90. The van der Waals surface area contributed by atoms with E-state index in [2.05, 4.69) is 58.1 Å². The van der Waals surface area contributed by atoms with E-state index < -0.39 is 0 Å². The minimum atomic E-state index is 0.0486. The van der Waals surface area contributed by atoms with Crippen LogP contribution in [0.25, 0.3) is 6.08 Å². The fourth-order valence-electron chi connectivity index (χ4n) is 3.48. The highest BCUT2D eigenvalue weighted by molar-refractivity contribution is 5.93. The summed E-state index contributed by atoms with van der Waals surface area (Å²) in [5, 5.41) is 0. The molecule has 29 heavy (non-hydrogen) atoms. The van der Waals surface area contributed by atoms with Crippen LogP contribution in [-0.4, -0.2) is 67.0 Å². The summed E-state index contributed by atoms with van der Waals surface area (Å²) in [6.45, 7) is 7.83. The van der Waals surface area contributed by atoms with Crippen LogP contribution in [0.2, 0.25) is 0 Å². The van der Waals surface area contributed by atoms with E-state index in [9.17, 15) is 4.79 Å². The summed E-state index contributed by atoms with van der Waals surface area (Å²) in [5.74, 6) is 1.00. The van der Waals surface area contributed by atoms with E-state index >= 15 is 0 Å². The Balaban J connectivity index is 1.47. The van der Waals surface area contributed by atoms with Crippen molar-refractivity contribution >= 4 is 17.8 Å². The summed E-state index contributed by atoms with van der Waals surface area (Å²) < 4.78 is 0. The second-order valence-corrected chi connectivity index (χ2v) is 7.59. The molecule has 0 radical (unpaired) electrons. The molecular weight excluding hydrogens is 360 g/mol. The Kier molecular flexibility index (Phi) is 7.82. The predicted molar refractivity (Wildman–Crippen MR) is 120 cm³/mol. The molecule has 1 fully saturated rings. The first-order valence-electron chi connectivity index (χ1n) is 10.6. The zero-order valence-corrected chi connectivity index (χ0v) is 17.6. The van der Waals surface area contributed by atoms with Crippen molar-refractivity contribution in [1.82, 2.24) is 14.8 Å². The van der Waals surface area contributed by atoms with Gasteiger partial charge < -0.3 is 9.80 Å². The number of aromatic nitrogens is 1. The summed E-state index contributed by atoms with van der Waals surface area (Å²) in [4.78, 5) is 23.5. The third-order valence-corrected chi connectivity index (χ3v) is 5.36. The second-order valence-electron chi connectivity index (χ2n) is 7.59. The zero-order chi connectivity index (χ0) is 20.5. The molecular formula is C24H32N4O. The number of amides is 1. The highest BCUT2D eigenvalue weighted by Crippen LogP contribution is 2.15. The largest absolute Gasteiger partial charge is 0.354 e. The normalized spacial score (nSPS) is 15.0. The van der Waals surface area contributed by atoms with E-state index in [4.69, 9.17) is 0 Å². The Hall–Kier alpha value is -2.66. The highest BCUT2D eigenvalue weighted by atomic mass is 16.2. The number of unbranched alkanes of at least 4 members (excludes halogenated alkanes) is 1. The number of anilines is 1. The van der Waals surface area contributed by atoms with Gasteiger partial charge >= 0.3 is 0 Å². The van der Waals surface area contributed by atoms with E-state index in [1.54, 1.807) is 11.1 Å². The molecule has 2 aromatic rings. The lowest BCUT2D eigenvalue weighted by atomic mass is 10.2. The molecule has 0 spiro atoms. The predicted octanol–water partition coefficient (Wildman–Crippen LogP) is 3.79. The lowest BCUT2D eigenvalue weighted by Gasteiger charge is -2.34. The lowest BCUT2D eigenvalue weighted by Crippen LogP contribution is -2.46. The van der Waals surface area contributed by atoms with E-state index in [0.29, 0.717) is 5.56 Å². The van der Waals surface area contributed by atoms with E-state index in [1.807, 2.05) is 25.2 Å². The summed E-state index contributed by atoms with van der Waals surface area (Å²) in [6.07, 6.45) is 8.25. The Bertz CT molecular complexity index is 780. The molecule has 0 bridgehead atoms. The quantitative estimate of drug-likeness (QED) is 0.685. The van der Waals surface area contributed by atoms with Crippen molar-refractivity contribution in [2.24, 2.45) is 0 Å². The maximum absolute atomic E-state index is 12.4. The smallest absolute Gasteiger partial charge is 0.255 e. The number of rotatable bonds is 8. The van der Waals surface area contributed by atoms with Crippen molar-refractivity contribution < 1.29 is 4.79 Å². The summed E-state index contributed by atoms with van der Waals surface area (Å²) in [6, 6.07) is 14.3. The van der Waals surface area contributed by atoms with Crippen molar-refractivity contribution in [3.05, 3.63) is 65.9 Å². The van der Waals surface area contributed by atoms with Crippen LogP contribution in [-0.2, 0) is 0 Å². The molecule has 3 rings (SSSR count). The number of nitrogens with zero attached hydrogens (tertiary/aromatic N) is 4. The molecule has 1 aromatic carbocycles. The minimum absolute atomic E-state index is 0.0486. The zero-order valence-electron chi connectivity index (χ0n) is 17.6. The molecule has 1 saturated heterocycles. The molecule has 154 valence electrons. The number of piperazine rings is 1. The number of carbonyl (C=O) groups is 1. The molecule has 0 saturated carbocycles. The second kappa shape index (κ2) is 10.8. The molecule has 0 atom stereocenters. The minimum Gasteiger partial charge on any atom is -0.354 e. The Morgan fingerprint density at radius 3 is 2.52 bits per heavy atom. The van der Waals surface area contributed by atoms with Crippen LogP contribution >= 0.6 is 0 Å². The highest BCUT2D eigenvalue weighted by Gasteiger charge is 2.18. The Morgan fingerprint density at radius 2 is 1.86 bits per heavy atom. The number of carbonyl (C=O) groups excluding carboxylic acids is 1. The molecule has 0 N–H and O–H groups in total. The van der Waals surface area contributed by atoms with Gasteiger partial charge in [-0.1, -0.05) is 55.8 Å². The molecule has 5 heteroatoms. The summed E-state index contributed by atoms with van der Waals surface area (Å²) >= 11 is 0. The van der Waals surface area contributed by atoms with Crippen molar-refractivity contribution in [2.75, 3.05) is 51.2 Å². The average molecular weight is 393 g/mol. The van der Waals surface area contributed by atoms with Crippen molar-refractivity contribution in [3.63, 3.8) is 0 Å². The van der Waals surface area contributed by atoms with Gasteiger partial charge in [-0.15, -0.1) is 0 Å². The molecule has 1 aromatic heterocycles. The molecule has 1 aliphatic rings. The SMILES string of the molecule is CCCCN(C)C(=O)c1ccc(N2CCN(C/C=C/c3ccccc3)CC2)nc1. The molecule has 0 aliphatic carbocycles. The van der Waals surface area contributed by atoms with Gasteiger partial charge in [-0.2, -0.15) is 0 Å². The maximum Gasteiger partial charge on any atom is 0.255 e. The molecule has 0 unspecified atom stereocenters. The molecule has 5 nitrogen and oxygen atoms in total. The van der Waals surface area contributed by atoms with Gasteiger partial charge in [0.25, 0.3) is 5.91 Å².